The molecule has 1 aromatic rings. The minimum absolute atomic E-state index is 0.0183. The fraction of sp³-hybridized carbons (Fsp3) is 0.588. The molecule has 0 aromatic heterocycles. The van der Waals surface area contributed by atoms with E-state index in [1.165, 1.54) is 6.07 Å². The molecule has 120 valence electrons. The van der Waals surface area contributed by atoms with E-state index in [1.54, 1.807) is 11.0 Å². The van der Waals surface area contributed by atoms with Gasteiger partial charge >= 0.3 is 6.09 Å². The zero-order chi connectivity index (χ0) is 16.1. The Kier molecular flexibility index (Phi) is 3.62. The zero-order valence-corrected chi connectivity index (χ0v) is 13.1. The molecule has 1 amide bonds. The summed E-state index contributed by atoms with van der Waals surface area (Å²) in [5.74, 6) is -1.61. The van der Waals surface area contributed by atoms with Crippen molar-refractivity contribution >= 4 is 6.09 Å². The van der Waals surface area contributed by atoms with Gasteiger partial charge in [0.05, 0.1) is 0 Å². The Bertz CT molecular complexity index is 597. The predicted octanol–water partition coefficient (Wildman–Crippen LogP) is 4.22. The van der Waals surface area contributed by atoms with Gasteiger partial charge in [0.15, 0.2) is 11.6 Å². The second-order valence-corrected chi connectivity index (χ2v) is 7.20. The SMILES string of the molecule is CC(C)(C)OC(=O)N1C2CCC1[C@@H](c1ccc(F)c(F)c1)C2. The van der Waals surface area contributed by atoms with E-state index in [2.05, 4.69) is 0 Å². The van der Waals surface area contributed by atoms with Gasteiger partial charge in [0.1, 0.15) is 5.60 Å². The van der Waals surface area contributed by atoms with Crippen LogP contribution in [0.4, 0.5) is 13.6 Å². The lowest BCUT2D eigenvalue weighted by atomic mass is 9.84. The second-order valence-electron chi connectivity index (χ2n) is 7.20. The highest BCUT2D eigenvalue weighted by atomic mass is 19.2. The molecule has 3 rings (SSSR count). The molecule has 2 saturated heterocycles. The maximum atomic E-state index is 13.5. The van der Waals surface area contributed by atoms with E-state index < -0.39 is 17.2 Å². The van der Waals surface area contributed by atoms with Gasteiger partial charge in [-0.1, -0.05) is 6.07 Å². The topological polar surface area (TPSA) is 29.5 Å². The van der Waals surface area contributed by atoms with E-state index in [4.69, 9.17) is 4.74 Å². The lowest BCUT2D eigenvalue weighted by Crippen LogP contribution is -2.40. The van der Waals surface area contributed by atoms with Gasteiger partial charge in [-0.2, -0.15) is 0 Å². The van der Waals surface area contributed by atoms with Crippen LogP contribution in [-0.2, 0) is 4.74 Å². The Morgan fingerprint density at radius 1 is 1.23 bits per heavy atom. The standard InChI is InChI=1S/C17H21F2NO2/c1-17(2,3)22-16(21)20-11-5-7-15(20)12(9-11)10-4-6-13(18)14(19)8-10/h4,6,8,11-12,15H,5,7,9H2,1-3H3/t11?,12-,15?/m1/s1. The number of carbonyl (C=O) groups is 1. The molecule has 5 heteroatoms. The molecule has 2 bridgehead atoms. The van der Waals surface area contributed by atoms with E-state index in [0.717, 1.165) is 30.9 Å². The van der Waals surface area contributed by atoms with Crippen molar-refractivity contribution in [3.8, 4) is 0 Å². The molecule has 2 aliphatic heterocycles. The fourth-order valence-electron chi connectivity index (χ4n) is 3.69. The van der Waals surface area contributed by atoms with Crippen LogP contribution in [0.15, 0.2) is 18.2 Å². The van der Waals surface area contributed by atoms with Crippen molar-refractivity contribution < 1.29 is 18.3 Å². The Morgan fingerprint density at radius 3 is 2.59 bits per heavy atom. The summed E-state index contributed by atoms with van der Waals surface area (Å²) in [6.07, 6.45) is 2.32. The van der Waals surface area contributed by atoms with E-state index in [0.29, 0.717) is 0 Å². The minimum atomic E-state index is -0.837. The van der Waals surface area contributed by atoms with Gasteiger partial charge < -0.3 is 9.64 Å². The number of amides is 1. The summed E-state index contributed by atoms with van der Waals surface area (Å²) in [6.45, 7) is 5.53. The number of benzene rings is 1. The Hall–Kier alpha value is -1.65. The van der Waals surface area contributed by atoms with Gasteiger partial charge in [-0.3, -0.25) is 0 Å². The summed E-state index contributed by atoms with van der Waals surface area (Å²) in [4.78, 5) is 14.2. The van der Waals surface area contributed by atoms with Crippen LogP contribution in [0.5, 0.6) is 0 Å². The average Bonchev–Trinajstić information content (AvgIpc) is 2.97. The number of halogens is 2. The highest BCUT2D eigenvalue weighted by Gasteiger charge is 2.50. The van der Waals surface area contributed by atoms with Crippen molar-refractivity contribution in [2.75, 3.05) is 0 Å². The maximum absolute atomic E-state index is 13.5. The molecule has 0 spiro atoms. The van der Waals surface area contributed by atoms with Gasteiger partial charge in [-0.15, -0.1) is 0 Å². The Morgan fingerprint density at radius 2 is 1.95 bits per heavy atom. The van der Waals surface area contributed by atoms with Crippen LogP contribution in [0.3, 0.4) is 0 Å². The molecule has 2 aliphatic rings. The smallest absolute Gasteiger partial charge is 0.410 e. The molecule has 0 N–H and O–H groups in total. The Balaban J connectivity index is 1.81. The molecule has 3 atom stereocenters. The molecule has 2 heterocycles. The summed E-state index contributed by atoms with van der Waals surface area (Å²) in [5, 5.41) is 0. The Labute approximate surface area is 129 Å². The summed E-state index contributed by atoms with van der Waals surface area (Å²) < 4.78 is 32.1. The van der Waals surface area contributed by atoms with Crippen LogP contribution in [-0.4, -0.2) is 28.7 Å². The first-order valence-corrected chi connectivity index (χ1v) is 7.72. The van der Waals surface area contributed by atoms with Gasteiger partial charge in [-0.25, -0.2) is 13.6 Å². The van der Waals surface area contributed by atoms with E-state index in [-0.39, 0.29) is 24.1 Å². The van der Waals surface area contributed by atoms with Crippen LogP contribution < -0.4 is 0 Å². The quantitative estimate of drug-likeness (QED) is 0.777. The molecule has 1 aromatic carbocycles. The number of hydrogen-bond donors (Lipinski definition) is 0. The predicted molar refractivity (Wildman–Crippen MR) is 78.6 cm³/mol. The van der Waals surface area contributed by atoms with Crippen molar-refractivity contribution in [1.29, 1.82) is 0 Å². The highest BCUT2D eigenvalue weighted by Crippen LogP contribution is 2.47. The first-order valence-electron chi connectivity index (χ1n) is 7.72. The fourth-order valence-corrected chi connectivity index (χ4v) is 3.69. The molecule has 2 fully saturated rings. The molecule has 3 nitrogen and oxygen atoms in total. The molecule has 2 unspecified atom stereocenters. The van der Waals surface area contributed by atoms with Gasteiger partial charge in [0.25, 0.3) is 0 Å². The van der Waals surface area contributed by atoms with Crippen LogP contribution >= 0.6 is 0 Å². The summed E-state index contributed by atoms with van der Waals surface area (Å²) in [5.41, 5.74) is 0.232. The van der Waals surface area contributed by atoms with Crippen LogP contribution in [0.2, 0.25) is 0 Å². The summed E-state index contributed by atoms with van der Waals surface area (Å²) >= 11 is 0. The molecule has 0 saturated carbocycles. The lowest BCUT2D eigenvalue weighted by Gasteiger charge is -2.28. The second kappa shape index (κ2) is 5.21. The van der Waals surface area contributed by atoms with Gasteiger partial charge in [-0.05, 0) is 57.7 Å². The van der Waals surface area contributed by atoms with E-state index >= 15 is 0 Å². The number of carbonyl (C=O) groups excluding carboxylic acids is 1. The van der Waals surface area contributed by atoms with E-state index in [1.807, 2.05) is 20.8 Å². The average molecular weight is 309 g/mol. The molecular formula is C17H21F2NO2. The molecular weight excluding hydrogens is 288 g/mol. The maximum Gasteiger partial charge on any atom is 0.410 e. The summed E-state index contributed by atoms with van der Waals surface area (Å²) in [7, 11) is 0. The van der Waals surface area contributed by atoms with Crippen LogP contribution in [0.25, 0.3) is 0 Å². The third-order valence-electron chi connectivity index (χ3n) is 4.51. The van der Waals surface area contributed by atoms with Gasteiger partial charge in [0, 0.05) is 18.0 Å². The van der Waals surface area contributed by atoms with Crippen molar-refractivity contribution in [3.05, 3.63) is 35.4 Å². The number of nitrogens with zero attached hydrogens (tertiary/aromatic N) is 1. The normalized spacial score (nSPS) is 27.3. The molecule has 0 aliphatic carbocycles. The summed E-state index contributed by atoms with van der Waals surface area (Å²) in [6, 6.07) is 4.20. The van der Waals surface area contributed by atoms with Crippen LogP contribution in [0, 0.1) is 11.6 Å². The first-order chi connectivity index (χ1) is 10.3. The largest absolute Gasteiger partial charge is 0.444 e. The van der Waals surface area contributed by atoms with Gasteiger partial charge in [0.2, 0.25) is 0 Å². The van der Waals surface area contributed by atoms with Crippen molar-refractivity contribution in [1.82, 2.24) is 4.90 Å². The van der Waals surface area contributed by atoms with Crippen molar-refractivity contribution in [2.24, 2.45) is 0 Å². The third kappa shape index (κ3) is 2.69. The third-order valence-corrected chi connectivity index (χ3v) is 4.51. The number of hydrogen-bond acceptors (Lipinski definition) is 2. The molecule has 22 heavy (non-hydrogen) atoms. The highest BCUT2D eigenvalue weighted by molar-refractivity contribution is 5.70. The minimum Gasteiger partial charge on any atom is -0.444 e. The lowest BCUT2D eigenvalue weighted by molar-refractivity contribution is 0.0213. The van der Waals surface area contributed by atoms with E-state index in [9.17, 15) is 13.6 Å². The molecule has 0 radical (unpaired) electrons. The number of fused-ring (bicyclic) bond motifs is 2. The monoisotopic (exact) mass is 309 g/mol. The number of rotatable bonds is 1. The van der Waals surface area contributed by atoms with Crippen LogP contribution in [0.1, 0.15) is 51.5 Å². The number of ether oxygens (including phenoxy) is 1. The zero-order valence-electron chi connectivity index (χ0n) is 13.1. The van der Waals surface area contributed by atoms with Crippen molar-refractivity contribution in [2.45, 2.75) is 63.6 Å². The first kappa shape index (κ1) is 15.3. The van der Waals surface area contributed by atoms with Crippen molar-refractivity contribution in [3.63, 3.8) is 0 Å².